The number of ether oxygens (including phenoxy) is 5. The molecule has 1 heterocycles. The molecule has 12 heteroatoms. The van der Waals surface area contributed by atoms with E-state index in [2.05, 4.69) is 93.7 Å². The first kappa shape index (κ1) is 66.7. The van der Waals surface area contributed by atoms with Crippen LogP contribution >= 0.6 is 0 Å². The predicted octanol–water partition coefficient (Wildman–Crippen LogP) is 14.1. The van der Waals surface area contributed by atoms with E-state index >= 15 is 0 Å². The number of carbonyl (C=O) groups excluding carboxylic acids is 3. The highest BCUT2D eigenvalue weighted by Gasteiger charge is 2.50. The molecule has 6 atom stereocenters. The molecule has 0 aromatic heterocycles. The van der Waals surface area contributed by atoms with Crippen LogP contribution in [0.15, 0.2) is 97.2 Å². The van der Waals surface area contributed by atoms with Crippen LogP contribution in [0.2, 0.25) is 0 Å². The second-order valence-corrected chi connectivity index (χ2v) is 18.8. The van der Waals surface area contributed by atoms with Crippen molar-refractivity contribution in [2.45, 2.75) is 250 Å². The highest BCUT2D eigenvalue weighted by atomic mass is 16.7. The maximum Gasteiger partial charge on any atom is 0.335 e. The maximum atomic E-state index is 13.1. The number of allylic oxidation sites excluding steroid dienone is 15. The molecule has 3 N–H and O–H groups in total. The normalized spacial score (nSPS) is 19.1. The van der Waals surface area contributed by atoms with Crippen molar-refractivity contribution in [1.29, 1.82) is 0 Å². The molecule has 0 aromatic rings. The second-order valence-electron chi connectivity index (χ2n) is 18.8. The van der Waals surface area contributed by atoms with Crippen LogP contribution in [0.5, 0.6) is 0 Å². The van der Waals surface area contributed by atoms with Gasteiger partial charge in [-0.1, -0.05) is 195 Å². The molecule has 73 heavy (non-hydrogen) atoms. The second kappa shape index (κ2) is 48.6. The lowest BCUT2D eigenvalue weighted by molar-refractivity contribution is -0.301. The van der Waals surface area contributed by atoms with Gasteiger partial charge < -0.3 is 39.0 Å². The lowest BCUT2D eigenvalue weighted by Crippen LogP contribution is -2.61. The lowest BCUT2D eigenvalue weighted by atomic mass is 9.98. The van der Waals surface area contributed by atoms with E-state index in [9.17, 15) is 34.5 Å². The minimum atomic E-state index is -1.94. The van der Waals surface area contributed by atoms with E-state index in [4.69, 9.17) is 23.7 Å². The predicted molar refractivity (Wildman–Crippen MR) is 294 cm³/mol. The highest BCUT2D eigenvalue weighted by Crippen LogP contribution is 2.26. The molecule has 1 saturated heterocycles. The lowest BCUT2D eigenvalue weighted by Gasteiger charge is -2.40. The van der Waals surface area contributed by atoms with Crippen molar-refractivity contribution in [3.8, 4) is 0 Å². The van der Waals surface area contributed by atoms with Crippen molar-refractivity contribution in [3.05, 3.63) is 97.2 Å². The van der Waals surface area contributed by atoms with Gasteiger partial charge in [-0.05, 0) is 96.3 Å². The molecule has 414 valence electrons. The summed E-state index contributed by atoms with van der Waals surface area (Å²) < 4.78 is 28.2. The van der Waals surface area contributed by atoms with Crippen molar-refractivity contribution in [2.75, 3.05) is 13.2 Å². The van der Waals surface area contributed by atoms with Crippen LogP contribution in [-0.4, -0.2) is 89.2 Å². The summed E-state index contributed by atoms with van der Waals surface area (Å²) >= 11 is 0. The molecule has 0 bridgehead atoms. The zero-order valence-corrected chi connectivity index (χ0v) is 45.3. The first-order chi connectivity index (χ1) is 35.6. The first-order valence-corrected chi connectivity index (χ1v) is 28.2. The van der Waals surface area contributed by atoms with Gasteiger partial charge in [0.1, 0.15) is 18.8 Å². The Labute approximate surface area is 441 Å². The van der Waals surface area contributed by atoms with E-state index in [1.54, 1.807) is 12.2 Å². The van der Waals surface area contributed by atoms with Gasteiger partial charge >= 0.3 is 23.9 Å². The number of hydrogen-bond acceptors (Lipinski definition) is 11. The molecule has 1 aliphatic heterocycles. The van der Waals surface area contributed by atoms with Crippen LogP contribution in [-0.2, 0) is 42.9 Å². The number of aliphatic hydroxyl groups excluding tert-OH is 2. The number of aliphatic carboxylic acids is 1. The summed E-state index contributed by atoms with van der Waals surface area (Å²) in [5.41, 5.74) is 0. The number of aliphatic hydroxyl groups is 2. The Hall–Kier alpha value is -4.36. The molecule has 6 unspecified atom stereocenters. The SMILES string of the molecule is CC/C=C\C/C=C\C/C=C\C/C=C\C/C=C\CC(=O)OC1C(OCC(COC(=O)CCCCCCCCC/C=C\C/C=C\CCCCC)OC(=O)CCCCCCC/C=C\CCCC)OC(C(=O)O)C(O)C1O. The number of carboxylic acids is 1. The van der Waals surface area contributed by atoms with Crippen molar-refractivity contribution in [2.24, 2.45) is 0 Å². The average Bonchev–Trinajstić information content (AvgIpc) is 3.37. The van der Waals surface area contributed by atoms with E-state index in [1.807, 2.05) is 12.2 Å². The minimum Gasteiger partial charge on any atom is -0.479 e. The van der Waals surface area contributed by atoms with Crippen molar-refractivity contribution < 1.29 is 58.2 Å². The summed E-state index contributed by atoms with van der Waals surface area (Å²) in [6.07, 6.45) is 51.3. The fourth-order valence-electron chi connectivity index (χ4n) is 7.81. The van der Waals surface area contributed by atoms with Gasteiger partial charge in [0.15, 0.2) is 24.6 Å². The quantitative estimate of drug-likeness (QED) is 0.0228. The van der Waals surface area contributed by atoms with Gasteiger partial charge in [-0.25, -0.2) is 4.79 Å². The van der Waals surface area contributed by atoms with Gasteiger partial charge in [-0.2, -0.15) is 0 Å². The Bertz CT molecular complexity index is 1640. The Morgan fingerprint density at radius 3 is 1.44 bits per heavy atom. The number of carbonyl (C=O) groups is 4. The summed E-state index contributed by atoms with van der Waals surface area (Å²) in [6.45, 7) is 5.74. The van der Waals surface area contributed by atoms with E-state index in [0.717, 1.165) is 103 Å². The fraction of sp³-hybridized carbons (Fsp3) is 0.672. The molecular formula is C61H98O12. The summed E-state index contributed by atoms with van der Waals surface area (Å²) in [6, 6.07) is 0. The van der Waals surface area contributed by atoms with Crippen LogP contribution in [0.3, 0.4) is 0 Å². The van der Waals surface area contributed by atoms with E-state index < -0.39 is 67.3 Å². The fourth-order valence-corrected chi connectivity index (χ4v) is 7.81. The summed E-state index contributed by atoms with van der Waals surface area (Å²) in [5.74, 6) is -3.31. The monoisotopic (exact) mass is 1020 g/mol. The number of rotatable bonds is 46. The van der Waals surface area contributed by atoms with Crippen molar-refractivity contribution >= 4 is 23.9 Å². The van der Waals surface area contributed by atoms with E-state index in [0.29, 0.717) is 19.3 Å². The average molecular weight is 1020 g/mol. The van der Waals surface area contributed by atoms with Gasteiger partial charge in [-0.15, -0.1) is 0 Å². The number of carboxylic acid groups (broad SMARTS) is 1. The summed E-state index contributed by atoms with van der Waals surface area (Å²) in [4.78, 5) is 50.9. The van der Waals surface area contributed by atoms with Crippen molar-refractivity contribution in [1.82, 2.24) is 0 Å². The Balaban J connectivity index is 2.75. The largest absolute Gasteiger partial charge is 0.479 e. The first-order valence-electron chi connectivity index (χ1n) is 28.2. The zero-order chi connectivity index (χ0) is 53.3. The van der Waals surface area contributed by atoms with Crippen LogP contribution in [0, 0.1) is 0 Å². The molecule has 0 saturated carbocycles. The third kappa shape index (κ3) is 38.8. The number of hydrogen-bond donors (Lipinski definition) is 3. The topological polar surface area (TPSA) is 175 Å². The number of unbranched alkanes of at least 4 members (excludes halogenated alkanes) is 17. The van der Waals surface area contributed by atoms with E-state index in [1.165, 1.54) is 51.4 Å². The zero-order valence-electron chi connectivity index (χ0n) is 45.3. The molecule has 1 fully saturated rings. The van der Waals surface area contributed by atoms with Crippen LogP contribution in [0.4, 0.5) is 0 Å². The standard InChI is InChI=1S/C61H98O12/c1-4-7-10-13-16-19-22-24-26-27-29-30-33-35-38-41-44-47-53(62)69-50-52(71-54(63)48-45-42-39-36-32-21-18-15-12-9-6-3)51-70-61-59(57(66)56(65)58(73-61)60(67)68)72-55(64)49-46-43-40-37-34-31-28-25-23-20-17-14-11-8-5-2/h8,11,15-20,24-26,28,34,37,43,46,52,56-59,61,65-66H,4-7,9-10,12-14,21-23,27,29-33,35-36,38-42,44-45,47-51H2,1-3H3,(H,67,68)/b11-8-,18-15-,19-16-,20-17-,26-24-,28-25-,37-34-,46-43-. The molecule has 0 spiro atoms. The van der Waals surface area contributed by atoms with Gasteiger partial charge in [0.2, 0.25) is 0 Å². The third-order valence-corrected chi connectivity index (χ3v) is 12.1. The minimum absolute atomic E-state index is 0.136. The van der Waals surface area contributed by atoms with Gasteiger partial charge in [0.25, 0.3) is 0 Å². The number of esters is 3. The van der Waals surface area contributed by atoms with Crippen LogP contribution in [0.1, 0.15) is 213 Å². The molecule has 0 aliphatic carbocycles. The molecule has 1 aliphatic rings. The highest BCUT2D eigenvalue weighted by molar-refractivity contribution is 5.74. The van der Waals surface area contributed by atoms with Gasteiger partial charge in [-0.3, -0.25) is 14.4 Å². The molecule has 0 amide bonds. The maximum absolute atomic E-state index is 13.1. The molecule has 0 aromatic carbocycles. The third-order valence-electron chi connectivity index (χ3n) is 12.1. The van der Waals surface area contributed by atoms with Crippen LogP contribution in [0.25, 0.3) is 0 Å². The van der Waals surface area contributed by atoms with Gasteiger partial charge in [0, 0.05) is 12.8 Å². The van der Waals surface area contributed by atoms with Gasteiger partial charge in [0.05, 0.1) is 13.0 Å². The van der Waals surface area contributed by atoms with Crippen LogP contribution < -0.4 is 0 Å². The van der Waals surface area contributed by atoms with E-state index in [-0.39, 0.29) is 25.9 Å². The smallest absolute Gasteiger partial charge is 0.335 e. The molecule has 1 rings (SSSR count). The molecular weight excluding hydrogens is 925 g/mol. The summed E-state index contributed by atoms with van der Waals surface area (Å²) in [7, 11) is 0. The van der Waals surface area contributed by atoms with Crippen molar-refractivity contribution in [3.63, 3.8) is 0 Å². The Morgan fingerprint density at radius 2 is 0.918 bits per heavy atom. The Morgan fingerprint density at radius 1 is 0.479 bits per heavy atom. The molecule has 0 radical (unpaired) electrons. The molecule has 12 nitrogen and oxygen atoms in total. The Kier molecular flexibility index (Phi) is 44.4. The summed E-state index contributed by atoms with van der Waals surface area (Å²) in [5, 5.41) is 31.4.